The maximum atomic E-state index is 11.6. The van der Waals surface area contributed by atoms with Gasteiger partial charge in [0.2, 0.25) is 5.78 Å². The molecular formula is C10H9NO3. The lowest BCUT2D eigenvalue weighted by Gasteiger charge is -2.09. The second kappa shape index (κ2) is 2.83. The predicted molar refractivity (Wildman–Crippen MR) is 49.3 cm³/mol. The number of nitrogens with one attached hydrogen (secondary N) is 1. The molecule has 0 saturated heterocycles. The molecule has 4 nitrogen and oxygen atoms in total. The molecule has 2 rings (SSSR count). The minimum absolute atomic E-state index is 0.0874. The van der Waals surface area contributed by atoms with Crippen LogP contribution in [0.2, 0.25) is 0 Å². The van der Waals surface area contributed by atoms with Gasteiger partial charge in [0.05, 0.1) is 12.7 Å². The van der Waals surface area contributed by atoms with E-state index in [1.165, 1.54) is 13.2 Å². The molecule has 0 bridgehead atoms. The van der Waals surface area contributed by atoms with Crippen LogP contribution in [0.1, 0.15) is 26.5 Å². The van der Waals surface area contributed by atoms with E-state index in [0.717, 1.165) is 5.69 Å². The summed E-state index contributed by atoms with van der Waals surface area (Å²) in [6.07, 6.45) is 1.22. The Kier molecular flexibility index (Phi) is 1.77. The van der Waals surface area contributed by atoms with Gasteiger partial charge in [0.1, 0.15) is 5.69 Å². The first-order valence-electron chi connectivity index (χ1n) is 4.18. The van der Waals surface area contributed by atoms with Gasteiger partial charge in [-0.1, -0.05) is 0 Å². The molecule has 0 atom stereocenters. The Hall–Kier alpha value is -1.84. The molecule has 1 heterocycles. The molecule has 1 N–H and O–H groups in total. The number of aryl methyl sites for hydroxylation is 1. The van der Waals surface area contributed by atoms with Gasteiger partial charge in [-0.2, -0.15) is 0 Å². The third kappa shape index (κ3) is 1.08. The molecule has 1 aromatic rings. The molecule has 0 aliphatic heterocycles. The number of Topliss-reactive ketones (excluding diaryl/α,β-unsaturated/α-hetero) is 1. The van der Waals surface area contributed by atoms with Crippen molar-refractivity contribution in [1.29, 1.82) is 0 Å². The number of methoxy groups -OCH3 is 1. The maximum absolute atomic E-state index is 11.6. The Balaban J connectivity index is 2.59. The number of hydrogen-bond acceptors (Lipinski definition) is 3. The quantitative estimate of drug-likeness (QED) is 0.726. The molecule has 0 saturated carbocycles. The van der Waals surface area contributed by atoms with Crippen LogP contribution < -0.4 is 0 Å². The van der Waals surface area contributed by atoms with E-state index >= 15 is 0 Å². The van der Waals surface area contributed by atoms with Crippen LogP contribution in [0, 0.1) is 6.92 Å². The predicted octanol–water partition coefficient (Wildman–Crippen LogP) is 1.23. The van der Waals surface area contributed by atoms with Crippen molar-refractivity contribution in [3.05, 3.63) is 34.9 Å². The minimum Gasteiger partial charge on any atom is -0.492 e. The number of aromatic nitrogens is 1. The molecule has 0 radical (unpaired) electrons. The topological polar surface area (TPSA) is 59.2 Å². The molecule has 0 unspecified atom stereocenters. The largest absolute Gasteiger partial charge is 0.492 e. The lowest BCUT2D eigenvalue weighted by molar-refractivity contribution is 0.0913. The lowest BCUT2D eigenvalue weighted by atomic mass is 10.0. The first kappa shape index (κ1) is 8.74. The van der Waals surface area contributed by atoms with Crippen molar-refractivity contribution in [2.45, 2.75) is 6.92 Å². The van der Waals surface area contributed by atoms with E-state index in [1.807, 2.05) is 0 Å². The van der Waals surface area contributed by atoms with E-state index in [2.05, 4.69) is 4.98 Å². The number of ketones is 2. The normalized spacial score (nSPS) is 15.1. The van der Waals surface area contributed by atoms with Gasteiger partial charge in [-0.3, -0.25) is 9.59 Å². The summed E-state index contributed by atoms with van der Waals surface area (Å²) in [4.78, 5) is 26.0. The summed E-state index contributed by atoms with van der Waals surface area (Å²) in [6, 6.07) is 1.67. The van der Waals surface area contributed by atoms with Gasteiger partial charge in [0.25, 0.3) is 0 Å². The van der Waals surface area contributed by atoms with Crippen molar-refractivity contribution in [2.75, 3.05) is 7.11 Å². The third-order valence-corrected chi connectivity index (χ3v) is 2.15. The number of H-pyrrole nitrogens is 1. The number of allylic oxidation sites excluding steroid dienone is 2. The summed E-state index contributed by atoms with van der Waals surface area (Å²) in [6.45, 7) is 1.80. The summed E-state index contributed by atoms with van der Waals surface area (Å²) >= 11 is 0. The van der Waals surface area contributed by atoms with E-state index in [0.29, 0.717) is 11.3 Å². The first-order valence-corrected chi connectivity index (χ1v) is 4.18. The second-order valence-corrected chi connectivity index (χ2v) is 3.15. The lowest BCUT2D eigenvalue weighted by Crippen LogP contribution is -2.17. The SMILES string of the molecule is COC1=CC(=O)c2cc(C)[nH]c2C1=O. The zero-order valence-corrected chi connectivity index (χ0v) is 7.88. The van der Waals surface area contributed by atoms with Crippen molar-refractivity contribution in [1.82, 2.24) is 4.98 Å². The number of carbonyl (C=O) groups excluding carboxylic acids is 2. The highest BCUT2D eigenvalue weighted by molar-refractivity contribution is 6.23. The van der Waals surface area contributed by atoms with Crippen LogP contribution in [0.5, 0.6) is 0 Å². The Labute approximate surface area is 80.6 Å². The number of aromatic amines is 1. The van der Waals surface area contributed by atoms with Gasteiger partial charge in [0, 0.05) is 11.8 Å². The molecule has 0 aromatic carbocycles. The monoisotopic (exact) mass is 191 g/mol. The minimum atomic E-state index is -0.268. The van der Waals surface area contributed by atoms with E-state index in [-0.39, 0.29) is 17.3 Å². The molecule has 1 aliphatic carbocycles. The van der Waals surface area contributed by atoms with Crippen molar-refractivity contribution < 1.29 is 14.3 Å². The zero-order chi connectivity index (χ0) is 10.3. The van der Waals surface area contributed by atoms with Crippen LogP contribution in [0.4, 0.5) is 0 Å². The number of rotatable bonds is 1. The molecule has 0 amide bonds. The first-order chi connectivity index (χ1) is 6.63. The van der Waals surface area contributed by atoms with Crippen molar-refractivity contribution >= 4 is 11.6 Å². The second-order valence-electron chi connectivity index (χ2n) is 3.15. The molecular weight excluding hydrogens is 182 g/mol. The summed E-state index contributed by atoms with van der Waals surface area (Å²) in [5.41, 5.74) is 1.54. The highest BCUT2D eigenvalue weighted by Crippen LogP contribution is 2.21. The highest BCUT2D eigenvalue weighted by Gasteiger charge is 2.27. The Morgan fingerprint density at radius 1 is 1.36 bits per heavy atom. The van der Waals surface area contributed by atoms with Crippen LogP contribution in [0.15, 0.2) is 17.9 Å². The van der Waals surface area contributed by atoms with Crippen LogP contribution >= 0.6 is 0 Å². The van der Waals surface area contributed by atoms with Gasteiger partial charge < -0.3 is 9.72 Å². The fraction of sp³-hybridized carbons (Fsp3) is 0.200. The van der Waals surface area contributed by atoms with Gasteiger partial charge >= 0.3 is 0 Å². The van der Waals surface area contributed by atoms with E-state index in [1.54, 1.807) is 13.0 Å². The summed E-state index contributed by atoms with van der Waals surface area (Å²) < 4.78 is 4.81. The van der Waals surface area contributed by atoms with E-state index in [9.17, 15) is 9.59 Å². The smallest absolute Gasteiger partial charge is 0.244 e. The number of fused-ring (bicyclic) bond motifs is 1. The molecule has 72 valence electrons. The van der Waals surface area contributed by atoms with Crippen molar-refractivity contribution in [3.63, 3.8) is 0 Å². The Morgan fingerprint density at radius 3 is 2.71 bits per heavy atom. The van der Waals surface area contributed by atoms with Crippen molar-refractivity contribution in [2.24, 2.45) is 0 Å². The number of hydrogen-bond donors (Lipinski definition) is 1. The highest BCUT2D eigenvalue weighted by atomic mass is 16.5. The molecule has 0 fully saturated rings. The van der Waals surface area contributed by atoms with Gasteiger partial charge in [0.15, 0.2) is 11.5 Å². The van der Waals surface area contributed by atoms with Crippen LogP contribution in [0.3, 0.4) is 0 Å². The van der Waals surface area contributed by atoms with Crippen LogP contribution in [0.25, 0.3) is 0 Å². The molecule has 0 spiro atoms. The average molecular weight is 191 g/mol. The molecule has 14 heavy (non-hydrogen) atoms. The van der Waals surface area contributed by atoms with Crippen LogP contribution in [-0.4, -0.2) is 23.7 Å². The third-order valence-electron chi connectivity index (χ3n) is 2.15. The van der Waals surface area contributed by atoms with Crippen molar-refractivity contribution in [3.8, 4) is 0 Å². The average Bonchev–Trinajstić information content (AvgIpc) is 2.54. The fourth-order valence-electron chi connectivity index (χ4n) is 1.50. The molecule has 1 aliphatic rings. The summed E-state index contributed by atoms with van der Waals surface area (Å²) in [5.74, 6) is -0.375. The Bertz CT molecular complexity index is 454. The number of ether oxygens (including phenoxy) is 1. The van der Waals surface area contributed by atoms with Gasteiger partial charge in [-0.05, 0) is 13.0 Å². The fourth-order valence-corrected chi connectivity index (χ4v) is 1.50. The summed E-state index contributed by atoms with van der Waals surface area (Å²) in [7, 11) is 1.37. The number of carbonyl (C=O) groups is 2. The van der Waals surface area contributed by atoms with E-state index in [4.69, 9.17) is 4.74 Å². The van der Waals surface area contributed by atoms with Crippen LogP contribution in [-0.2, 0) is 4.74 Å². The van der Waals surface area contributed by atoms with Gasteiger partial charge in [-0.15, -0.1) is 0 Å². The molecule has 4 heteroatoms. The summed E-state index contributed by atoms with van der Waals surface area (Å²) in [5, 5.41) is 0. The standard InChI is InChI=1S/C10H9NO3/c1-5-3-6-7(12)4-8(14-2)10(13)9(6)11-5/h3-4,11H,1-2H3. The zero-order valence-electron chi connectivity index (χ0n) is 7.88. The Morgan fingerprint density at radius 2 is 2.07 bits per heavy atom. The van der Waals surface area contributed by atoms with Gasteiger partial charge in [-0.25, -0.2) is 0 Å². The maximum Gasteiger partial charge on any atom is 0.244 e. The molecule has 1 aromatic heterocycles. The van der Waals surface area contributed by atoms with E-state index < -0.39 is 0 Å².